The van der Waals surface area contributed by atoms with E-state index in [4.69, 9.17) is 0 Å². The molecule has 3 aromatic rings. The number of carbonyl (C=O) groups is 1. The number of H-pyrrole nitrogens is 1. The van der Waals surface area contributed by atoms with Crippen LogP contribution in [0.2, 0.25) is 0 Å². The van der Waals surface area contributed by atoms with Gasteiger partial charge in [-0.25, -0.2) is 4.39 Å². The second kappa shape index (κ2) is 7.26. The Morgan fingerprint density at radius 3 is 2.93 bits per heavy atom. The lowest BCUT2D eigenvalue weighted by molar-refractivity contribution is 0.0705. The minimum atomic E-state index is -0.306. The van der Waals surface area contributed by atoms with Gasteiger partial charge < -0.3 is 4.90 Å². The molecular weight excluding hydrogens is 345 g/mol. The SMILES string of the molecule is Cc1[nH]ncc1C(=O)N1CCC[C@H](c2nccnc2-c2cccc(F)c2)C1. The highest BCUT2D eigenvalue weighted by atomic mass is 19.1. The molecule has 3 heterocycles. The van der Waals surface area contributed by atoms with E-state index in [1.54, 1.807) is 24.7 Å². The number of nitrogens with zero attached hydrogens (tertiary/aromatic N) is 4. The van der Waals surface area contributed by atoms with Gasteiger partial charge >= 0.3 is 0 Å². The number of likely N-dealkylation sites (tertiary alicyclic amines) is 1. The second-order valence-corrected chi connectivity index (χ2v) is 6.80. The van der Waals surface area contributed by atoms with Crippen molar-refractivity contribution in [3.8, 4) is 11.3 Å². The number of amides is 1. The predicted octanol–water partition coefficient (Wildman–Crippen LogP) is 3.33. The summed E-state index contributed by atoms with van der Waals surface area (Å²) in [7, 11) is 0. The Morgan fingerprint density at radius 1 is 1.30 bits per heavy atom. The monoisotopic (exact) mass is 365 g/mol. The Bertz CT molecular complexity index is 970. The van der Waals surface area contributed by atoms with Crippen LogP contribution in [0.15, 0.2) is 42.9 Å². The number of aromatic amines is 1. The van der Waals surface area contributed by atoms with Gasteiger partial charge in [0.05, 0.1) is 23.1 Å². The van der Waals surface area contributed by atoms with E-state index in [2.05, 4.69) is 20.2 Å². The van der Waals surface area contributed by atoms with Gasteiger partial charge in [0.25, 0.3) is 5.91 Å². The van der Waals surface area contributed by atoms with Crippen molar-refractivity contribution in [2.45, 2.75) is 25.7 Å². The van der Waals surface area contributed by atoms with Crippen LogP contribution in [0.1, 0.15) is 40.5 Å². The van der Waals surface area contributed by atoms with Crippen LogP contribution in [0.3, 0.4) is 0 Å². The number of aromatic nitrogens is 4. The number of aryl methyl sites for hydroxylation is 1. The molecule has 1 aliphatic rings. The van der Waals surface area contributed by atoms with Crippen molar-refractivity contribution in [1.82, 2.24) is 25.1 Å². The molecule has 2 aromatic heterocycles. The molecule has 7 heteroatoms. The summed E-state index contributed by atoms with van der Waals surface area (Å²) in [5, 5.41) is 6.76. The first-order valence-corrected chi connectivity index (χ1v) is 8.99. The molecule has 1 fully saturated rings. The smallest absolute Gasteiger partial charge is 0.257 e. The number of halogens is 1. The van der Waals surface area contributed by atoms with Crippen molar-refractivity contribution >= 4 is 5.91 Å². The number of piperidine rings is 1. The first-order chi connectivity index (χ1) is 13.1. The van der Waals surface area contributed by atoms with Crippen molar-refractivity contribution in [2.24, 2.45) is 0 Å². The average molecular weight is 365 g/mol. The van der Waals surface area contributed by atoms with E-state index in [1.807, 2.05) is 17.9 Å². The first-order valence-electron chi connectivity index (χ1n) is 8.99. The fourth-order valence-electron chi connectivity index (χ4n) is 3.63. The molecule has 1 aliphatic heterocycles. The van der Waals surface area contributed by atoms with E-state index in [0.29, 0.717) is 29.9 Å². The molecule has 1 amide bonds. The molecule has 1 atom stereocenters. The maximum Gasteiger partial charge on any atom is 0.257 e. The molecule has 1 saturated heterocycles. The molecule has 138 valence electrons. The van der Waals surface area contributed by atoms with Crippen LogP contribution in [0.4, 0.5) is 4.39 Å². The third-order valence-electron chi connectivity index (χ3n) is 4.98. The predicted molar refractivity (Wildman–Crippen MR) is 98.6 cm³/mol. The van der Waals surface area contributed by atoms with Crippen LogP contribution < -0.4 is 0 Å². The fraction of sp³-hybridized carbons (Fsp3) is 0.300. The molecule has 4 rings (SSSR count). The number of nitrogens with one attached hydrogen (secondary N) is 1. The summed E-state index contributed by atoms with van der Waals surface area (Å²) in [4.78, 5) is 23.7. The van der Waals surface area contributed by atoms with E-state index >= 15 is 0 Å². The maximum atomic E-state index is 13.7. The highest BCUT2D eigenvalue weighted by Gasteiger charge is 2.29. The van der Waals surface area contributed by atoms with Gasteiger partial charge in [-0.15, -0.1) is 0 Å². The van der Waals surface area contributed by atoms with Gasteiger partial charge in [-0.1, -0.05) is 12.1 Å². The topological polar surface area (TPSA) is 74.8 Å². The van der Waals surface area contributed by atoms with Crippen molar-refractivity contribution < 1.29 is 9.18 Å². The Morgan fingerprint density at radius 2 is 2.15 bits per heavy atom. The highest BCUT2D eigenvalue weighted by Crippen LogP contribution is 2.32. The van der Waals surface area contributed by atoms with Crippen LogP contribution in [0.5, 0.6) is 0 Å². The van der Waals surface area contributed by atoms with Gasteiger partial charge in [0, 0.05) is 42.7 Å². The van der Waals surface area contributed by atoms with Crippen molar-refractivity contribution in [2.75, 3.05) is 13.1 Å². The molecule has 1 aromatic carbocycles. The van der Waals surface area contributed by atoms with Gasteiger partial charge in [0.1, 0.15) is 5.82 Å². The van der Waals surface area contributed by atoms with Crippen LogP contribution in [0, 0.1) is 12.7 Å². The molecular formula is C20H20FN5O. The van der Waals surface area contributed by atoms with Gasteiger partial charge in [-0.05, 0) is 31.9 Å². The molecule has 0 bridgehead atoms. The molecule has 0 unspecified atom stereocenters. The summed E-state index contributed by atoms with van der Waals surface area (Å²) in [5.41, 5.74) is 3.55. The van der Waals surface area contributed by atoms with Gasteiger partial charge in [-0.2, -0.15) is 5.10 Å². The van der Waals surface area contributed by atoms with E-state index in [-0.39, 0.29) is 17.6 Å². The molecule has 0 aliphatic carbocycles. The van der Waals surface area contributed by atoms with Crippen molar-refractivity contribution in [1.29, 1.82) is 0 Å². The zero-order valence-corrected chi connectivity index (χ0v) is 15.0. The molecule has 0 spiro atoms. The molecule has 1 N–H and O–H groups in total. The normalized spacial score (nSPS) is 17.1. The zero-order valence-electron chi connectivity index (χ0n) is 15.0. The van der Waals surface area contributed by atoms with Crippen LogP contribution >= 0.6 is 0 Å². The number of hydrogen-bond acceptors (Lipinski definition) is 4. The molecule has 27 heavy (non-hydrogen) atoms. The lowest BCUT2D eigenvalue weighted by Crippen LogP contribution is -2.39. The van der Waals surface area contributed by atoms with Crippen molar-refractivity contribution in [3.05, 3.63) is 65.6 Å². The minimum Gasteiger partial charge on any atom is -0.338 e. The number of carbonyl (C=O) groups excluding carboxylic acids is 1. The van der Waals surface area contributed by atoms with Gasteiger partial charge in [0.2, 0.25) is 0 Å². The zero-order chi connectivity index (χ0) is 18.8. The third-order valence-corrected chi connectivity index (χ3v) is 4.98. The number of rotatable bonds is 3. The molecule has 6 nitrogen and oxygen atoms in total. The number of benzene rings is 1. The Hall–Kier alpha value is -3.09. The third kappa shape index (κ3) is 3.45. The number of hydrogen-bond donors (Lipinski definition) is 1. The molecule has 0 radical (unpaired) electrons. The van der Waals surface area contributed by atoms with Crippen LogP contribution in [-0.4, -0.2) is 44.1 Å². The summed E-state index contributed by atoms with van der Waals surface area (Å²) in [6.07, 6.45) is 6.63. The van der Waals surface area contributed by atoms with E-state index in [0.717, 1.165) is 24.2 Å². The molecule has 0 saturated carbocycles. The van der Waals surface area contributed by atoms with Gasteiger partial charge in [-0.3, -0.25) is 19.9 Å². The summed E-state index contributed by atoms with van der Waals surface area (Å²) >= 11 is 0. The summed E-state index contributed by atoms with van der Waals surface area (Å²) in [5.74, 6) is -0.274. The summed E-state index contributed by atoms with van der Waals surface area (Å²) < 4.78 is 13.7. The lowest BCUT2D eigenvalue weighted by Gasteiger charge is -2.33. The standard InChI is InChI=1S/C20H20FN5O/c1-13-17(11-24-25-13)20(27)26-9-3-5-15(12-26)19-18(22-7-8-23-19)14-4-2-6-16(21)10-14/h2,4,6-8,10-11,15H,3,5,9,12H2,1H3,(H,24,25)/t15-/m0/s1. The Balaban J connectivity index is 1.63. The fourth-order valence-corrected chi connectivity index (χ4v) is 3.63. The van der Waals surface area contributed by atoms with E-state index in [9.17, 15) is 9.18 Å². The highest BCUT2D eigenvalue weighted by molar-refractivity contribution is 5.95. The Kier molecular flexibility index (Phi) is 4.66. The average Bonchev–Trinajstić information content (AvgIpc) is 3.13. The van der Waals surface area contributed by atoms with Crippen molar-refractivity contribution in [3.63, 3.8) is 0 Å². The summed E-state index contributed by atoms with van der Waals surface area (Å²) in [6, 6.07) is 6.38. The Labute approximate surface area is 156 Å². The second-order valence-electron chi connectivity index (χ2n) is 6.80. The largest absolute Gasteiger partial charge is 0.338 e. The quantitative estimate of drug-likeness (QED) is 0.772. The van der Waals surface area contributed by atoms with Crippen LogP contribution in [-0.2, 0) is 0 Å². The van der Waals surface area contributed by atoms with Gasteiger partial charge in [0.15, 0.2) is 0 Å². The first kappa shape index (κ1) is 17.3. The van der Waals surface area contributed by atoms with E-state index in [1.165, 1.54) is 12.1 Å². The summed E-state index contributed by atoms with van der Waals surface area (Å²) in [6.45, 7) is 3.10. The van der Waals surface area contributed by atoms with Crippen LogP contribution in [0.25, 0.3) is 11.3 Å². The maximum absolute atomic E-state index is 13.7. The minimum absolute atomic E-state index is 0.0258. The lowest BCUT2D eigenvalue weighted by atomic mass is 9.91. The van der Waals surface area contributed by atoms with E-state index < -0.39 is 0 Å².